The quantitative estimate of drug-likeness (QED) is 0.142. The van der Waals surface area contributed by atoms with E-state index in [1.54, 1.807) is 7.11 Å². The lowest BCUT2D eigenvalue weighted by atomic mass is 9.98. The Bertz CT molecular complexity index is 2220. The van der Waals surface area contributed by atoms with Crippen LogP contribution < -0.4 is 0 Å². The van der Waals surface area contributed by atoms with Crippen LogP contribution in [0.15, 0.2) is 103 Å². The first-order chi connectivity index (χ1) is 25.3. The Balaban J connectivity index is 0.897. The Morgan fingerprint density at radius 1 is 0.865 bits per heavy atom. The number of H-pyrrole nitrogens is 2. The molecule has 0 spiro atoms. The number of nitrogens with zero attached hydrogens (tertiary/aromatic N) is 4. The third kappa shape index (κ3) is 6.24. The second kappa shape index (κ2) is 13.2. The summed E-state index contributed by atoms with van der Waals surface area (Å²) in [5.74, 6) is 2.55. The Labute approximate surface area is 305 Å². The molecule has 2 saturated carbocycles. The van der Waals surface area contributed by atoms with Crippen LogP contribution in [0.4, 0.5) is 0 Å². The SMILES string of the molecule is CO[C@@H](C(=O)N(Cc1ncc(-c2ccc3cc(-c4ccc(-c5cnc(C6[C@H]7CC[C@H](C7)N6C)[nH]5)cc4)ccc3c2)[nH]1)CC1(C)CC1)c1ccccc1. The van der Waals surface area contributed by atoms with Crippen molar-refractivity contribution in [1.82, 2.24) is 29.7 Å². The number of benzene rings is 4. The molecule has 2 aromatic heterocycles. The summed E-state index contributed by atoms with van der Waals surface area (Å²) in [5, 5.41) is 2.34. The molecule has 3 heterocycles. The van der Waals surface area contributed by atoms with Crippen molar-refractivity contribution in [3.05, 3.63) is 121 Å². The van der Waals surface area contributed by atoms with Gasteiger partial charge in [0, 0.05) is 25.3 Å². The van der Waals surface area contributed by atoms with E-state index in [1.165, 1.54) is 35.8 Å². The van der Waals surface area contributed by atoms with E-state index in [1.807, 2.05) is 47.6 Å². The van der Waals surface area contributed by atoms with Gasteiger partial charge in [-0.05, 0) is 95.6 Å². The summed E-state index contributed by atoms with van der Waals surface area (Å²) < 4.78 is 5.73. The second-order valence-corrected chi connectivity index (χ2v) is 15.6. The molecule has 4 aromatic carbocycles. The summed E-state index contributed by atoms with van der Waals surface area (Å²) in [7, 11) is 3.86. The van der Waals surface area contributed by atoms with Crippen molar-refractivity contribution >= 4 is 16.7 Å². The molecule has 3 fully saturated rings. The number of methoxy groups -OCH3 is 1. The number of fused-ring (bicyclic) bond motifs is 3. The first kappa shape index (κ1) is 32.8. The molecule has 1 unspecified atom stereocenters. The van der Waals surface area contributed by atoms with E-state index in [2.05, 4.69) is 89.5 Å². The van der Waals surface area contributed by atoms with Crippen LogP contribution in [-0.2, 0) is 16.1 Å². The minimum Gasteiger partial charge on any atom is -0.367 e. The van der Waals surface area contributed by atoms with Gasteiger partial charge in [-0.25, -0.2) is 9.97 Å². The van der Waals surface area contributed by atoms with Crippen molar-refractivity contribution in [3.63, 3.8) is 0 Å². The van der Waals surface area contributed by atoms with Gasteiger partial charge >= 0.3 is 0 Å². The smallest absolute Gasteiger partial charge is 0.256 e. The number of rotatable bonds is 11. The molecular formula is C44H46N6O2. The maximum absolute atomic E-state index is 13.8. The number of aromatic nitrogens is 4. The molecule has 8 nitrogen and oxygen atoms in total. The fourth-order valence-electron chi connectivity index (χ4n) is 8.68. The van der Waals surface area contributed by atoms with E-state index in [0.717, 1.165) is 63.9 Å². The van der Waals surface area contributed by atoms with Gasteiger partial charge in [-0.2, -0.15) is 0 Å². The number of piperidine rings is 1. The van der Waals surface area contributed by atoms with Crippen molar-refractivity contribution in [2.45, 2.75) is 63.8 Å². The number of carbonyl (C=O) groups excluding carboxylic acids is 1. The van der Waals surface area contributed by atoms with E-state index < -0.39 is 6.10 Å². The van der Waals surface area contributed by atoms with Gasteiger partial charge in [0.05, 0.1) is 36.4 Å². The second-order valence-electron chi connectivity index (χ2n) is 15.6. The topological polar surface area (TPSA) is 90.1 Å². The zero-order valence-corrected chi connectivity index (χ0v) is 30.2. The number of carbonyl (C=O) groups is 1. The Morgan fingerprint density at radius 3 is 2.25 bits per heavy atom. The van der Waals surface area contributed by atoms with Gasteiger partial charge in [0.25, 0.3) is 5.91 Å². The highest BCUT2D eigenvalue weighted by Gasteiger charge is 2.46. The number of aromatic amines is 2. The lowest BCUT2D eigenvalue weighted by Gasteiger charge is -2.30. The predicted molar refractivity (Wildman–Crippen MR) is 205 cm³/mol. The molecule has 6 aromatic rings. The molecule has 2 aliphatic carbocycles. The number of amides is 1. The summed E-state index contributed by atoms with van der Waals surface area (Å²) in [6, 6.07) is 32.8. The van der Waals surface area contributed by atoms with Gasteiger partial charge in [-0.15, -0.1) is 0 Å². The summed E-state index contributed by atoms with van der Waals surface area (Å²) >= 11 is 0. The first-order valence-corrected chi connectivity index (χ1v) is 18.7. The number of likely N-dealkylation sites (tertiary alicyclic amines) is 1. The van der Waals surface area contributed by atoms with Crippen LogP contribution in [-0.4, -0.2) is 62.4 Å². The molecule has 1 saturated heterocycles. The molecule has 2 bridgehead atoms. The van der Waals surface area contributed by atoms with Crippen LogP contribution in [0, 0.1) is 11.3 Å². The minimum atomic E-state index is -0.648. The highest BCUT2D eigenvalue weighted by atomic mass is 16.5. The molecule has 8 heteroatoms. The molecule has 2 N–H and O–H groups in total. The van der Waals surface area contributed by atoms with Crippen LogP contribution in [0.2, 0.25) is 0 Å². The van der Waals surface area contributed by atoms with Crippen LogP contribution in [0.1, 0.15) is 68.4 Å². The summed E-state index contributed by atoms with van der Waals surface area (Å²) in [4.78, 5) is 35.0. The zero-order chi connectivity index (χ0) is 35.4. The summed E-state index contributed by atoms with van der Waals surface area (Å²) in [5.41, 5.74) is 7.60. The Hall–Kier alpha value is -5.05. The molecule has 4 atom stereocenters. The van der Waals surface area contributed by atoms with Crippen molar-refractivity contribution in [2.24, 2.45) is 11.3 Å². The van der Waals surface area contributed by atoms with Crippen molar-refractivity contribution < 1.29 is 9.53 Å². The van der Waals surface area contributed by atoms with E-state index in [-0.39, 0.29) is 11.3 Å². The van der Waals surface area contributed by atoms with E-state index in [9.17, 15) is 4.79 Å². The zero-order valence-electron chi connectivity index (χ0n) is 30.2. The average Bonchev–Trinajstić information content (AvgIpc) is 3.70. The highest BCUT2D eigenvalue weighted by molar-refractivity contribution is 5.90. The van der Waals surface area contributed by atoms with E-state index in [4.69, 9.17) is 14.7 Å². The Kier molecular flexibility index (Phi) is 8.32. The molecule has 52 heavy (non-hydrogen) atoms. The summed E-state index contributed by atoms with van der Waals surface area (Å²) in [6.45, 7) is 3.32. The lowest BCUT2D eigenvalue weighted by Crippen LogP contribution is -2.39. The van der Waals surface area contributed by atoms with Gasteiger partial charge in [0.15, 0.2) is 6.10 Å². The third-order valence-corrected chi connectivity index (χ3v) is 12.0. The number of hydrogen-bond acceptors (Lipinski definition) is 5. The van der Waals surface area contributed by atoms with E-state index in [0.29, 0.717) is 25.2 Å². The van der Waals surface area contributed by atoms with Gasteiger partial charge in [0.1, 0.15) is 11.6 Å². The standard InChI is InChI=1S/C44H46N6O2/c1-44(19-20-44)27-50(43(51)41(52-3)30-7-5-4-6-8-30)26-39-45-24-38(47-39)34-16-15-32-21-31(13-14-33(32)22-34)28-9-11-29(12-10-28)37-25-46-42(48-37)40-35-17-18-36(23-35)49(40)2/h4-16,21-22,24-25,35-36,40-41H,17-20,23,26-27H2,1-3H3,(H,45,47)(H,46,48)/t35-,36+,40?,41+/m0/s1. The van der Waals surface area contributed by atoms with Crippen LogP contribution >= 0.6 is 0 Å². The Morgan fingerprint density at radius 2 is 1.54 bits per heavy atom. The first-order valence-electron chi connectivity index (χ1n) is 18.7. The molecular weight excluding hydrogens is 645 g/mol. The lowest BCUT2D eigenvalue weighted by molar-refractivity contribution is -0.144. The average molecular weight is 691 g/mol. The fourth-order valence-corrected chi connectivity index (χ4v) is 8.68. The summed E-state index contributed by atoms with van der Waals surface area (Å²) in [6.07, 6.45) is 9.40. The van der Waals surface area contributed by atoms with Crippen molar-refractivity contribution in [1.29, 1.82) is 0 Å². The molecule has 9 rings (SSSR count). The van der Waals surface area contributed by atoms with Crippen molar-refractivity contribution in [3.8, 4) is 33.6 Å². The molecule has 3 aliphatic rings. The maximum Gasteiger partial charge on any atom is 0.256 e. The normalized spacial score (nSPS) is 21.1. The number of ether oxygens (including phenoxy) is 1. The highest BCUT2D eigenvalue weighted by Crippen LogP contribution is 2.49. The van der Waals surface area contributed by atoms with Gasteiger partial charge < -0.3 is 19.6 Å². The van der Waals surface area contributed by atoms with Crippen LogP contribution in [0.5, 0.6) is 0 Å². The number of hydrogen-bond donors (Lipinski definition) is 2. The molecule has 264 valence electrons. The number of imidazole rings is 2. The minimum absolute atomic E-state index is 0.0368. The van der Waals surface area contributed by atoms with E-state index >= 15 is 0 Å². The van der Waals surface area contributed by atoms with Gasteiger partial charge in [-0.1, -0.05) is 85.8 Å². The number of nitrogens with one attached hydrogen (secondary N) is 2. The molecule has 0 radical (unpaired) electrons. The van der Waals surface area contributed by atoms with Gasteiger partial charge in [-0.3, -0.25) is 9.69 Å². The predicted octanol–water partition coefficient (Wildman–Crippen LogP) is 8.96. The third-order valence-electron chi connectivity index (χ3n) is 12.0. The molecule has 1 aliphatic heterocycles. The van der Waals surface area contributed by atoms with Crippen LogP contribution in [0.3, 0.4) is 0 Å². The monoisotopic (exact) mass is 690 g/mol. The largest absolute Gasteiger partial charge is 0.367 e. The van der Waals surface area contributed by atoms with Crippen molar-refractivity contribution in [2.75, 3.05) is 20.7 Å². The fraction of sp³-hybridized carbons (Fsp3) is 0.341. The molecule has 1 amide bonds. The maximum atomic E-state index is 13.8. The van der Waals surface area contributed by atoms with Crippen LogP contribution in [0.25, 0.3) is 44.4 Å². The van der Waals surface area contributed by atoms with Gasteiger partial charge in [0.2, 0.25) is 0 Å².